The van der Waals surface area contributed by atoms with Crippen LogP contribution in [0.15, 0.2) is 18.2 Å². The molecule has 0 heterocycles. The van der Waals surface area contributed by atoms with Crippen molar-refractivity contribution in [3.05, 3.63) is 35.1 Å². The summed E-state index contributed by atoms with van der Waals surface area (Å²) in [6.45, 7) is 4.00. The monoisotopic (exact) mass is 226 g/mol. The lowest BCUT2D eigenvalue weighted by Crippen LogP contribution is -2.13. The zero-order chi connectivity index (χ0) is 12.7. The smallest absolute Gasteiger partial charge is 0.340 e. The first-order valence-corrected chi connectivity index (χ1v) is 4.78. The van der Waals surface area contributed by atoms with Crippen LogP contribution in [0.5, 0.6) is 0 Å². The van der Waals surface area contributed by atoms with Crippen LogP contribution in [0.1, 0.15) is 29.8 Å². The first-order chi connectivity index (χ1) is 7.56. The molecular formula is C11H15FN2O2. The van der Waals surface area contributed by atoms with Gasteiger partial charge in [0.1, 0.15) is 11.7 Å². The van der Waals surface area contributed by atoms with Crippen molar-refractivity contribution in [2.75, 3.05) is 7.11 Å². The lowest BCUT2D eigenvalue weighted by atomic mass is 10.1. The molecule has 1 aromatic rings. The number of amidine groups is 1. The standard InChI is InChI=1S/C9H9FN2O2.C2H6/c1-14-9(13)6-3-2-5(8(11)12)4-7(6)10;1-2/h2-4H,1H3,(H3,11,12);1-2H3. The molecule has 16 heavy (non-hydrogen) atoms. The number of hydrogen-bond donors (Lipinski definition) is 2. The molecule has 88 valence electrons. The van der Waals surface area contributed by atoms with E-state index in [4.69, 9.17) is 11.1 Å². The zero-order valence-electron chi connectivity index (χ0n) is 9.50. The molecule has 4 nitrogen and oxygen atoms in total. The van der Waals surface area contributed by atoms with Crippen molar-refractivity contribution >= 4 is 11.8 Å². The van der Waals surface area contributed by atoms with Crippen LogP contribution in [0.25, 0.3) is 0 Å². The summed E-state index contributed by atoms with van der Waals surface area (Å²) >= 11 is 0. The lowest BCUT2D eigenvalue weighted by molar-refractivity contribution is 0.0595. The van der Waals surface area contributed by atoms with Gasteiger partial charge in [0, 0.05) is 5.56 Å². The number of nitrogens with two attached hydrogens (primary N) is 1. The van der Waals surface area contributed by atoms with E-state index >= 15 is 0 Å². The summed E-state index contributed by atoms with van der Waals surface area (Å²) in [5.41, 5.74) is 5.20. The Balaban J connectivity index is 0.00000106. The number of ether oxygens (including phenoxy) is 1. The average molecular weight is 226 g/mol. The number of carbonyl (C=O) groups excluding carboxylic acids is 1. The number of carbonyl (C=O) groups is 1. The van der Waals surface area contributed by atoms with Crippen molar-refractivity contribution in [3.8, 4) is 0 Å². The fraction of sp³-hybridized carbons (Fsp3) is 0.273. The van der Waals surface area contributed by atoms with Gasteiger partial charge in [0.25, 0.3) is 0 Å². The second-order valence-electron chi connectivity index (χ2n) is 2.60. The van der Waals surface area contributed by atoms with Crippen molar-refractivity contribution in [2.24, 2.45) is 5.73 Å². The first kappa shape index (κ1) is 14.1. The van der Waals surface area contributed by atoms with Gasteiger partial charge in [0.2, 0.25) is 0 Å². The predicted molar refractivity (Wildman–Crippen MR) is 60.1 cm³/mol. The average Bonchev–Trinajstić information content (AvgIpc) is 2.30. The topological polar surface area (TPSA) is 76.2 Å². The van der Waals surface area contributed by atoms with Gasteiger partial charge in [-0.05, 0) is 12.1 Å². The van der Waals surface area contributed by atoms with Gasteiger partial charge >= 0.3 is 5.97 Å². The molecule has 0 fully saturated rings. The molecule has 3 N–H and O–H groups in total. The van der Waals surface area contributed by atoms with Crippen molar-refractivity contribution in [1.29, 1.82) is 5.41 Å². The van der Waals surface area contributed by atoms with E-state index in [2.05, 4.69) is 4.74 Å². The third-order valence-corrected chi connectivity index (χ3v) is 1.69. The van der Waals surface area contributed by atoms with Gasteiger partial charge in [-0.15, -0.1) is 0 Å². The van der Waals surface area contributed by atoms with Crippen LogP contribution in [0.3, 0.4) is 0 Å². The Bertz CT molecular complexity index is 392. The van der Waals surface area contributed by atoms with Crippen molar-refractivity contribution in [3.63, 3.8) is 0 Å². The highest BCUT2D eigenvalue weighted by Gasteiger charge is 2.12. The van der Waals surface area contributed by atoms with Gasteiger partial charge in [0.15, 0.2) is 0 Å². The third kappa shape index (κ3) is 3.34. The molecule has 0 radical (unpaired) electrons. The van der Waals surface area contributed by atoms with Gasteiger partial charge in [0.05, 0.1) is 12.7 Å². The maximum atomic E-state index is 13.2. The maximum absolute atomic E-state index is 13.2. The summed E-state index contributed by atoms with van der Waals surface area (Å²) in [6.07, 6.45) is 0. The second kappa shape index (κ2) is 6.55. The summed E-state index contributed by atoms with van der Waals surface area (Å²) in [5.74, 6) is -1.75. The highest BCUT2D eigenvalue weighted by atomic mass is 19.1. The van der Waals surface area contributed by atoms with Crippen LogP contribution in [0, 0.1) is 11.2 Å². The van der Waals surface area contributed by atoms with Gasteiger partial charge in [-0.3, -0.25) is 5.41 Å². The van der Waals surface area contributed by atoms with E-state index in [9.17, 15) is 9.18 Å². The fourth-order valence-corrected chi connectivity index (χ4v) is 0.958. The Labute approximate surface area is 93.7 Å². The Morgan fingerprint density at radius 1 is 1.44 bits per heavy atom. The molecular weight excluding hydrogens is 211 g/mol. The molecule has 5 heteroatoms. The Morgan fingerprint density at radius 2 is 2.00 bits per heavy atom. The molecule has 0 aliphatic carbocycles. The molecule has 0 unspecified atom stereocenters. The zero-order valence-corrected chi connectivity index (χ0v) is 9.50. The van der Waals surface area contributed by atoms with E-state index in [0.717, 1.165) is 6.07 Å². The summed E-state index contributed by atoms with van der Waals surface area (Å²) in [7, 11) is 1.17. The van der Waals surface area contributed by atoms with Crippen LogP contribution in [0.2, 0.25) is 0 Å². The number of rotatable bonds is 2. The Hall–Kier alpha value is -1.91. The summed E-state index contributed by atoms with van der Waals surface area (Å²) < 4.78 is 17.5. The number of halogens is 1. The van der Waals surface area contributed by atoms with Gasteiger partial charge in [-0.1, -0.05) is 19.9 Å². The number of benzene rings is 1. The van der Waals surface area contributed by atoms with Crippen molar-refractivity contribution in [2.45, 2.75) is 13.8 Å². The molecule has 0 aliphatic rings. The molecule has 0 spiro atoms. The van der Waals surface area contributed by atoms with E-state index in [0.29, 0.717) is 0 Å². The van der Waals surface area contributed by atoms with Crippen molar-refractivity contribution < 1.29 is 13.9 Å². The quantitative estimate of drug-likeness (QED) is 0.459. The summed E-state index contributed by atoms with van der Waals surface area (Å²) in [4.78, 5) is 11.0. The largest absolute Gasteiger partial charge is 0.465 e. The minimum absolute atomic E-state index is 0.169. The van der Waals surface area contributed by atoms with Crippen molar-refractivity contribution in [1.82, 2.24) is 0 Å². The highest BCUT2D eigenvalue weighted by molar-refractivity contribution is 5.96. The van der Waals surface area contributed by atoms with Crippen LogP contribution in [-0.2, 0) is 4.74 Å². The fourth-order valence-electron chi connectivity index (χ4n) is 0.958. The minimum atomic E-state index is -0.752. The maximum Gasteiger partial charge on any atom is 0.340 e. The van der Waals surface area contributed by atoms with E-state index in [-0.39, 0.29) is 17.0 Å². The van der Waals surface area contributed by atoms with Gasteiger partial charge < -0.3 is 10.5 Å². The van der Waals surface area contributed by atoms with Crippen LogP contribution in [-0.4, -0.2) is 18.9 Å². The summed E-state index contributed by atoms with van der Waals surface area (Å²) in [6, 6.07) is 3.64. The molecule has 0 bridgehead atoms. The van der Waals surface area contributed by atoms with E-state index < -0.39 is 11.8 Å². The first-order valence-electron chi connectivity index (χ1n) is 4.78. The number of nitrogen functional groups attached to an aromatic ring is 1. The predicted octanol–water partition coefficient (Wildman–Crippen LogP) is 1.92. The van der Waals surface area contributed by atoms with Crippen LogP contribution >= 0.6 is 0 Å². The van der Waals surface area contributed by atoms with Gasteiger partial charge in [-0.25, -0.2) is 9.18 Å². The minimum Gasteiger partial charge on any atom is -0.465 e. The number of esters is 1. The highest BCUT2D eigenvalue weighted by Crippen LogP contribution is 2.11. The van der Waals surface area contributed by atoms with Crippen LogP contribution in [0.4, 0.5) is 4.39 Å². The van der Waals surface area contributed by atoms with E-state index in [1.807, 2.05) is 13.8 Å². The molecule has 1 aromatic carbocycles. The molecule has 0 saturated carbocycles. The third-order valence-electron chi connectivity index (χ3n) is 1.69. The second-order valence-corrected chi connectivity index (χ2v) is 2.60. The normalized spacial score (nSPS) is 8.75. The molecule has 0 atom stereocenters. The molecule has 0 saturated heterocycles. The van der Waals surface area contributed by atoms with E-state index in [1.165, 1.54) is 19.2 Å². The molecule has 0 aromatic heterocycles. The number of nitrogens with one attached hydrogen (secondary N) is 1. The number of hydrogen-bond acceptors (Lipinski definition) is 3. The molecule has 0 aliphatic heterocycles. The summed E-state index contributed by atoms with van der Waals surface area (Å²) in [5, 5.41) is 7.05. The lowest BCUT2D eigenvalue weighted by Gasteiger charge is -2.02. The Kier molecular flexibility index (Phi) is 5.77. The van der Waals surface area contributed by atoms with Crippen LogP contribution < -0.4 is 5.73 Å². The van der Waals surface area contributed by atoms with E-state index in [1.54, 1.807) is 0 Å². The van der Waals surface area contributed by atoms with Gasteiger partial charge in [-0.2, -0.15) is 0 Å². The SMILES string of the molecule is CC.COC(=O)c1ccc(C(=N)N)cc1F. The Morgan fingerprint density at radius 3 is 2.38 bits per heavy atom. The number of methoxy groups -OCH3 is 1. The molecule has 1 rings (SSSR count). The molecule has 0 amide bonds.